The molecule has 3 rings (SSSR count). The molecule has 0 spiro atoms. The Kier molecular flexibility index (Phi) is 7.90. The van der Waals surface area contributed by atoms with Gasteiger partial charge in [-0.05, 0) is 55.5 Å². The Morgan fingerprint density at radius 2 is 1.94 bits per heavy atom. The summed E-state index contributed by atoms with van der Waals surface area (Å²) in [5.41, 5.74) is 0.390. The molecule has 0 aliphatic rings. The summed E-state index contributed by atoms with van der Waals surface area (Å²) >= 11 is 5.98. The largest absolute Gasteiger partial charge is 0.481 e. The molecule has 1 heterocycles. The van der Waals surface area contributed by atoms with Crippen LogP contribution in [0.1, 0.15) is 35.9 Å². The summed E-state index contributed by atoms with van der Waals surface area (Å²) in [5, 5.41) is 22.2. The molecule has 1 amide bonds. The number of halogens is 2. The van der Waals surface area contributed by atoms with Crippen molar-refractivity contribution in [3.05, 3.63) is 81.4 Å². The number of aliphatic carboxylic acids is 1. The van der Waals surface area contributed by atoms with Crippen molar-refractivity contribution in [3.8, 4) is 11.1 Å². The van der Waals surface area contributed by atoms with Crippen molar-refractivity contribution in [1.82, 2.24) is 10.3 Å². The Bertz CT molecular complexity index is 1220. The monoisotopic (exact) mass is 490 g/mol. The summed E-state index contributed by atoms with van der Waals surface area (Å²) in [5.74, 6) is -3.24. The summed E-state index contributed by atoms with van der Waals surface area (Å²) in [6, 6.07) is 10.5. The molecule has 180 valence electrons. The highest BCUT2D eigenvalue weighted by molar-refractivity contribution is 6.30. The molecular weight excluding hydrogens is 467 g/mol. The van der Waals surface area contributed by atoms with Crippen molar-refractivity contribution in [1.29, 1.82) is 0 Å². The van der Waals surface area contributed by atoms with Crippen molar-refractivity contribution >= 4 is 23.5 Å². The topological polar surface area (TPSA) is 133 Å². The number of aromatic nitrogens is 1. The zero-order chi connectivity index (χ0) is 24.9. The minimum Gasteiger partial charge on any atom is -0.481 e. The smallest absolute Gasteiger partial charge is 0.416 e. The van der Waals surface area contributed by atoms with Gasteiger partial charge in [-0.1, -0.05) is 35.9 Å². The molecule has 0 saturated heterocycles. The van der Waals surface area contributed by atoms with Gasteiger partial charge in [0, 0.05) is 23.2 Å². The third-order valence-electron chi connectivity index (χ3n) is 5.64. The molecular formula is C24H24ClFN2O6. The maximum Gasteiger partial charge on any atom is 0.416 e. The number of amides is 1. The van der Waals surface area contributed by atoms with E-state index in [9.17, 15) is 29.0 Å². The highest BCUT2D eigenvalue weighted by Crippen LogP contribution is 2.30. The first-order chi connectivity index (χ1) is 16.1. The first kappa shape index (κ1) is 25.2. The molecule has 34 heavy (non-hydrogen) atoms. The predicted octanol–water partition coefficient (Wildman–Crippen LogP) is 3.63. The number of rotatable bonds is 10. The summed E-state index contributed by atoms with van der Waals surface area (Å²) in [4.78, 5) is 37.9. The van der Waals surface area contributed by atoms with Crippen LogP contribution >= 0.6 is 11.6 Å². The molecule has 4 N–H and O–H groups in total. The number of carbonyl (C=O) groups is 2. The first-order valence-corrected chi connectivity index (χ1v) is 10.9. The third-order valence-corrected chi connectivity index (χ3v) is 5.87. The second kappa shape index (κ2) is 10.7. The number of aliphatic hydroxyl groups is 1. The van der Waals surface area contributed by atoms with Crippen LogP contribution in [0, 0.1) is 11.2 Å². The average Bonchev–Trinajstić information content (AvgIpc) is 3.22. The summed E-state index contributed by atoms with van der Waals surface area (Å²) < 4.78 is 19.0. The van der Waals surface area contributed by atoms with E-state index in [0.717, 1.165) is 11.8 Å². The lowest BCUT2D eigenvalue weighted by Gasteiger charge is -2.29. The number of oxazole rings is 1. The number of aliphatic hydroxyl groups excluding tert-OH is 1. The van der Waals surface area contributed by atoms with E-state index in [1.54, 1.807) is 24.3 Å². The molecule has 1 aromatic heterocycles. The lowest BCUT2D eigenvalue weighted by atomic mass is 9.79. The van der Waals surface area contributed by atoms with E-state index in [4.69, 9.17) is 16.0 Å². The molecule has 3 aromatic rings. The molecule has 2 atom stereocenters. The van der Waals surface area contributed by atoms with Gasteiger partial charge in [0.15, 0.2) is 0 Å². The second-order valence-electron chi connectivity index (χ2n) is 8.28. The lowest BCUT2D eigenvalue weighted by Crippen LogP contribution is -2.43. The van der Waals surface area contributed by atoms with E-state index in [1.807, 2.05) is 0 Å². The highest BCUT2D eigenvalue weighted by Gasteiger charge is 2.36. The van der Waals surface area contributed by atoms with Crippen molar-refractivity contribution < 1.29 is 28.6 Å². The number of benzene rings is 2. The Morgan fingerprint density at radius 3 is 2.53 bits per heavy atom. The van der Waals surface area contributed by atoms with Gasteiger partial charge >= 0.3 is 11.7 Å². The number of carbonyl (C=O) groups excluding carboxylic acids is 1. The number of hydrogen-bond donors (Lipinski definition) is 4. The molecule has 2 aromatic carbocycles. The fourth-order valence-corrected chi connectivity index (χ4v) is 3.91. The van der Waals surface area contributed by atoms with Gasteiger partial charge in [0.2, 0.25) is 5.76 Å². The fourth-order valence-electron chi connectivity index (χ4n) is 3.74. The van der Waals surface area contributed by atoms with Gasteiger partial charge < -0.3 is 19.9 Å². The van der Waals surface area contributed by atoms with E-state index in [1.165, 1.54) is 25.1 Å². The van der Waals surface area contributed by atoms with Crippen LogP contribution in [0.5, 0.6) is 0 Å². The standard InChI is InChI=1S/C24H24ClFN2O6/c1-24(8-9-29,22(31)32)12-17(28-21(30)20-13-27-23(33)34-20)10-14-2-4-15(5-3-14)18-11-16(25)6-7-19(18)26/h2-7,11,13,17,29H,8-10,12H2,1H3,(H,27,33)(H,28,30)(H,31,32)/t17-,24?/m1/s1. The Labute approximate surface area is 199 Å². The molecule has 8 nitrogen and oxygen atoms in total. The maximum absolute atomic E-state index is 14.2. The van der Waals surface area contributed by atoms with Crippen molar-refractivity contribution in [3.63, 3.8) is 0 Å². The number of carboxylic acids is 1. The number of hydrogen-bond acceptors (Lipinski definition) is 5. The first-order valence-electron chi connectivity index (χ1n) is 10.5. The zero-order valence-corrected chi connectivity index (χ0v) is 19.1. The van der Waals surface area contributed by atoms with Gasteiger partial charge in [-0.2, -0.15) is 0 Å². The van der Waals surface area contributed by atoms with Gasteiger partial charge in [0.05, 0.1) is 11.6 Å². The van der Waals surface area contributed by atoms with Crippen LogP contribution < -0.4 is 11.1 Å². The molecule has 1 unspecified atom stereocenters. The van der Waals surface area contributed by atoms with Crippen LogP contribution in [0.2, 0.25) is 5.02 Å². The van der Waals surface area contributed by atoms with E-state index in [-0.39, 0.29) is 31.6 Å². The summed E-state index contributed by atoms with van der Waals surface area (Å²) in [6.07, 6.45) is 1.36. The van der Waals surface area contributed by atoms with E-state index in [0.29, 0.717) is 16.1 Å². The lowest BCUT2D eigenvalue weighted by molar-refractivity contribution is -0.149. The summed E-state index contributed by atoms with van der Waals surface area (Å²) in [7, 11) is 0. The van der Waals surface area contributed by atoms with Crippen LogP contribution in [0.4, 0.5) is 4.39 Å². The average molecular weight is 491 g/mol. The number of H-pyrrole nitrogens is 1. The molecule has 0 bridgehead atoms. The normalized spacial score (nSPS) is 13.8. The van der Waals surface area contributed by atoms with Crippen LogP contribution in [-0.4, -0.2) is 39.7 Å². The van der Waals surface area contributed by atoms with Crippen LogP contribution in [-0.2, 0) is 11.2 Å². The fraction of sp³-hybridized carbons (Fsp3) is 0.292. The predicted molar refractivity (Wildman–Crippen MR) is 123 cm³/mol. The quantitative estimate of drug-likeness (QED) is 0.343. The van der Waals surface area contributed by atoms with Crippen LogP contribution in [0.15, 0.2) is 57.9 Å². The van der Waals surface area contributed by atoms with Gasteiger partial charge in [0.25, 0.3) is 5.91 Å². The number of nitrogens with one attached hydrogen (secondary N) is 2. The minimum atomic E-state index is -1.31. The Morgan fingerprint density at radius 1 is 1.24 bits per heavy atom. The highest BCUT2D eigenvalue weighted by atomic mass is 35.5. The summed E-state index contributed by atoms with van der Waals surface area (Å²) in [6.45, 7) is 1.15. The molecule has 10 heteroatoms. The van der Waals surface area contributed by atoms with E-state index >= 15 is 0 Å². The van der Waals surface area contributed by atoms with Gasteiger partial charge in [-0.3, -0.25) is 14.6 Å². The molecule has 0 aliphatic carbocycles. The van der Waals surface area contributed by atoms with Crippen LogP contribution in [0.3, 0.4) is 0 Å². The number of aromatic amines is 1. The molecule has 0 aliphatic heterocycles. The van der Waals surface area contributed by atoms with Gasteiger partial charge in [0.1, 0.15) is 5.82 Å². The van der Waals surface area contributed by atoms with Crippen LogP contribution in [0.25, 0.3) is 11.1 Å². The molecule has 0 saturated carbocycles. The Balaban J connectivity index is 1.85. The number of carboxylic acid groups (broad SMARTS) is 1. The maximum atomic E-state index is 14.2. The SMILES string of the molecule is CC(CCO)(C[C@@H](Cc1ccc(-c2cc(Cl)ccc2F)cc1)NC(=O)c1c[nH]c(=O)o1)C(=O)O. The Hall–Kier alpha value is -3.43. The minimum absolute atomic E-state index is 0.00790. The zero-order valence-electron chi connectivity index (χ0n) is 18.3. The molecule has 0 radical (unpaired) electrons. The second-order valence-corrected chi connectivity index (χ2v) is 8.72. The van der Waals surface area contributed by atoms with Crippen molar-refractivity contribution in [2.45, 2.75) is 32.2 Å². The van der Waals surface area contributed by atoms with Crippen molar-refractivity contribution in [2.24, 2.45) is 5.41 Å². The van der Waals surface area contributed by atoms with E-state index < -0.39 is 34.9 Å². The van der Waals surface area contributed by atoms with Crippen molar-refractivity contribution in [2.75, 3.05) is 6.61 Å². The molecule has 0 fully saturated rings. The third kappa shape index (κ3) is 6.12. The van der Waals surface area contributed by atoms with Gasteiger partial charge in [-0.25, -0.2) is 9.18 Å². The van der Waals surface area contributed by atoms with Gasteiger partial charge in [-0.15, -0.1) is 0 Å². The van der Waals surface area contributed by atoms with E-state index in [2.05, 4.69) is 10.3 Å².